The molecule has 0 radical (unpaired) electrons. The SMILES string of the molecule is O=[N+]([O-])c1ccc(CN(Cc2ccccc2)Cc2ccccc2)cc1. The first-order valence-electron chi connectivity index (χ1n) is 8.24. The topological polar surface area (TPSA) is 46.4 Å². The summed E-state index contributed by atoms with van der Waals surface area (Å²) < 4.78 is 0. The molecule has 0 aromatic heterocycles. The Hall–Kier alpha value is -2.98. The second-order valence-corrected chi connectivity index (χ2v) is 6.04. The summed E-state index contributed by atoms with van der Waals surface area (Å²) in [6.07, 6.45) is 0. The summed E-state index contributed by atoms with van der Waals surface area (Å²) in [5.74, 6) is 0. The Bertz CT molecular complexity index is 761. The van der Waals surface area contributed by atoms with E-state index in [0.29, 0.717) is 0 Å². The molecule has 4 nitrogen and oxygen atoms in total. The zero-order valence-electron chi connectivity index (χ0n) is 13.9. The Kier molecular flexibility index (Phi) is 5.54. The largest absolute Gasteiger partial charge is 0.291 e. The van der Waals surface area contributed by atoms with Gasteiger partial charge in [-0.3, -0.25) is 15.0 Å². The van der Waals surface area contributed by atoms with E-state index in [1.54, 1.807) is 12.1 Å². The average molecular weight is 332 g/mol. The molecule has 0 saturated heterocycles. The van der Waals surface area contributed by atoms with Gasteiger partial charge in [0.25, 0.3) is 5.69 Å². The van der Waals surface area contributed by atoms with Gasteiger partial charge in [-0.1, -0.05) is 72.8 Å². The summed E-state index contributed by atoms with van der Waals surface area (Å²) in [6, 6.07) is 27.5. The molecule has 126 valence electrons. The normalized spacial score (nSPS) is 10.8. The molecule has 0 heterocycles. The van der Waals surface area contributed by atoms with Crippen molar-refractivity contribution < 1.29 is 4.92 Å². The minimum atomic E-state index is -0.366. The van der Waals surface area contributed by atoms with Crippen LogP contribution in [-0.2, 0) is 19.6 Å². The predicted molar refractivity (Wildman–Crippen MR) is 98.9 cm³/mol. The molecule has 3 aromatic rings. The molecule has 0 amide bonds. The van der Waals surface area contributed by atoms with Gasteiger partial charge in [0, 0.05) is 31.8 Å². The van der Waals surface area contributed by atoms with Crippen molar-refractivity contribution in [3.63, 3.8) is 0 Å². The Morgan fingerprint density at radius 1 is 0.640 bits per heavy atom. The van der Waals surface area contributed by atoms with Crippen LogP contribution in [0.3, 0.4) is 0 Å². The highest BCUT2D eigenvalue weighted by Gasteiger charge is 2.10. The molecule has 4 heteroatoms. The Balaban J connectivity index is 1.76. The third-order valence-corrected chi connectivity index (χ3v) is 4.05. The van der Waals surface area contributed by atoms with Crippen molar-refractivity contribution in [2.45, 2.75) is 19.6 Å². The van der Waals surface area contributed by atoms with E-state index in [1.165, 1.54) is 11.1 Å². The lowest BCUT2D eigenvalue weighted by atomic mass is 10.1. The van der Waals surface area contributed by atoms with Crippen LogP contribution in [0.4, 0.5) is 5.69 Å². The van der Waals surface area contributed by atoms with Crippen molar-refractivity contribution in [2.24, 2.45) is 0 Å². The maximum atomic E-state index is 10.8. The van der Waals surface area contributed by atoms with E-state index in [2.05, 4.69) is 29.2 Å². The van der Waals surface area contributed by atoms with Gasteiger partial charge in [-0.15, -0.1) is 0 Å². The predicted octanol–water partition coefficient (Wildman–Crippen LogP) is 4.80. The standard InChI is InChI=1S/C21H20N2O2/c24-23(25)21-13-11-20(12-14-21)17-22(15-18-7-3-1-4-8-18)16-19-9-5-2-6-10-19/h1-14H,15-17H2. The van der Waals surface area contributed by atoms with E-state index >= 15 is 0 Å². The Morgan fingerprint density at radius 3 is 1.44 bits per heavy atom. The number of nitro groups is 1. The van der Waals surface area contributed by atoms with Crippen LogP contribution >= 0.6 is 0 Å². The summed E-state index contributed by atoms with van der Waals surface area (Å²) in [6.45, 7) is 2.39. The first kappa shape index (κ1) is 16.9. The van der Waals surface area contributed by atoms with Crippen LogP contribution in [0, 0.1) is 10.1 Å². The minimum Gasteiger partial charge on any atom is -0.291 e. The molecule has 0 fully saturated rings. The molecule has 0 bridgehead atoms. The van der Waals surface area contributed by atoms with Gasteiger partial charge in [0.2, 0.25) is 0 Å². The number of hydrogen-bond acceptors (Lipinski definition) is 3. The molecule has 0 unspecified atom stereocenters. The first-order chi connectivity index (χ1) is 12.2. The van der Waals surface area contributed by atoms with Crippen LogP contribution in [0.5, 0.6) is 0 Å². The van der Waals surface area contributed by atoms with E-state index in [9.17, 15) is 10.1 Å². The molecule has 0 N–H and O–H groups in total. The van der Waals surface area contributed by atoms with E-state index in [-0.39, 0.29) is 10.6 Å². The van der Waals surface area contributed by atoms with Crippen molar-refractivity contribution in [1.29, 1.82) is 0 Å². The highest BCUT2D eigenvalue weighted by molar-refractivity contribution is 5.33. The van der Waals surface area contributed by atoms with Gasteiger partial charge in [0.05, 0.1) is 4.92 Å². The number of nitro benzene ring substituents is 1. The van der Waals surface area contributed by atoms with Gasteiger partial charge in [0.15, 0.2) is 0 Å². The molecule has 0 aliphatic rings. The molecule has 0 aliphatic carbocycles. The van der Waals surface area contributed by atoms with Gasteiger partial charge in [-0.2, -0.15) is 0 Å². The zero-order chi connectivity index (χ0) is 17.5. The van der Waals surface area contributed by atoms with Crippen LogP contribution < -0.4 is 0 Å². The first-order valence-corrected chi connectivity index (χ1v) is 8.24. The molecular weight excluding hydrogens is 312 g/mol. The maximum absolute atomic E-state index is 10.8. The van der Waals surface area contributed by atoms with Crippen LogP contribution in [0.25, 0.3) is 0 Å². The van der Waals surface area contributed by atoms with Crippen LogP contribution in [-0.4, -0.2) is 9.82 Å². The van der Waals surface area contributed by atoms with Crippen LogP contribution in [0.1, 0.15) is 16.7 Å². The second-order valence-electron chi connectivity index (χ2n) is 6.04. The van der Waals surface area contributed by atoms with E-state index < -0.39 is 0 Å². The van der Waals surface area contributed by atoms with E-state index in [1.807, 2.05) is 48.5 Å². The number of hydrogen-bond donors (Lipinski definition) is 0. The molecule has 0 aliphatic heterocycles. The summed E-state index contributed by atoms with van der Waals surface area (Å²) in [5.41, 5.74) is 3.69. The van der Waals surface area contributed by atoms with Crippen LogP contribution in [0.2, 0.25) is 0 Å². The van der Waals surface area contributed by atoms with Crippen molar-refractivity contribution in [2.75, 3.05) is 0 Å². The lowest BCUT2D eigenvalue weighted by Crippen LogP contribution is -2.22. The molecule has 3 rings (SSSR count). The Labute approximate surface area is 147 Å². The summed E-state index contributed by atoms with van der Waals surface area (Å²) in [7, 11) is 0. The summed E-state index contributed by atoms with van der Waals surface area (Å²) in [4.78, 5) is 12.8. The summed E-state index contributed by atoms with van der Waals surface area (Å²) >= 11 is 0. The van der Waals surface area contributed by atoms with Gasteiger partial charge in [-0.25, -0.2) is 0 Å². The lowest BCUT2D eigenvalue weighted by Gasteiger charge is -2.23. The molecule has 3 aromatic carbocycles. The number of benzene rings is 3. The third kappa shape index (κ3) is 4.99. The van der Waals surface area contributed by atoms with Crippen molar-refractivity contribution in [3.8, 4) is 0 Å². The van der Waals surface area contributed by atoms with Crippen molar-refractivity contribution in [1.82, 2.24) is 4.90 Å². The van der Waals surface area contributed by atoms with E-state index in [4.69, 9.17) is 0 Å². The van der Waals surface area contributed by atoms with Crippen LogP contribution in [0.15, 0.2) is 84.9 Å². The minimum absolute atomic E-state index is 0.126. The van der Waals surface area contributed by atoms with Gasteiger partial charge in [-0.05, 0) is 16.7 Å². The fourth-order valence-corrected chi connectivity index (χ4v) is 2.83. The molecular formula is C21H20N2O2. The summed E-state index contributed by atoms with van der Waals surface area (Å²) in [5, 5.41) is 10.8. The highest BCUT2D eigenvalue weighted by Crippen LogP contribution is 2.17. The molecule has 0 atom stereocenters. The Morgan fingerprint density at radius 2 is 1.04 bits per heavy atom. The zero-order valence-corrected chi connectivity index (χ0v) is 13.9. The lowest BCUT2D eigenvalue weighted by molar-refractivity contribution is -0.384. The third-order valence-electron chi connectivity index (χ3n) is 4.05. The average Bonchev–Trinajstić information content (AvgIpc) is 2.64. The fraction of sp³-hybridized carbons (Fsp3) is 0.143. The van der Waals surface area contributed by atoms with Gasteiger partial charge >= 0.3 is 0 Å². The van der Waals surface area contributed by atoms with Gasteiger partial charge in [0.1, 0.15) is 0 Å². The number of nitrogens with zero attached hydrogens (tertiary/aromatic N) is 2. The quantitative estimate of drug-likeness (QED) is 0.461. The van der Waals surface area contributed by atoms with Crippen molar-refractivity contribution in [3.05, 3.63) is 112 Å². The smallest absolute Gasteiger partial charge is 0.269 e. The highest BCUT2D eigenvalue weighted by atomic mass is 16.6. The molecule has 0 spiro atoms. The maximum Gasteiger partial charge on any atom is 0.269 e. The molecule has 25 heavy (non-hydrogen) atoms. The number of non-ortho nitro benzene ring substituents is 1. The van der Waals surface area contributed by atoms with Gasteiger partial charge < -0.3 is 0 Å². The number of rotatable bonds is 7. The monoisotopic (exact) mass is 332 g/mol. The molecule has 0 saturated carbocycles. The van der Waals surface area contributed by atoms with Crippen molar-refractivity contribution >= 4 is 5.69 Å². The fourth-order valence-electron chi connectivity index (χ4n) is 2.83. The second kappa shape index (κ2) is 8.22. The van der Waals surface area contributed by atoms with E-state index in [0.717, 1.165) is 25.2 Å².